The van der Waals surface area contributed by atoms with Gasteiger partial charge in [0.25, 0.3) is 0 Å². The molecule has 1 aromatic heterocycles. The van der Waals surface area contributed by atoms with Crippen molar-refractivity contribution < 1.29 is 0 Å². The number of piperazine rings is 1. The number of hydrogen-bond donors (Lipinski definition) is 1. The van der Waals surface area contributed by atoms with E-state index in [0.717, 1.165) is 54.5 Å². The number of halogens is 1. The molecule has 0 bridgehead atoms. The van der Waals surface area contributed by atoms with Crippen molar-refractivity contribution in [3.8, 4) is 0 Å². The third-order valence-corrected chi connectivity index (χ3v) is 5.09. The second-order valence-electron chi connectivity index (χ2n) is 5.77. The Morgan fingerprint density at radius 1 is 1.13 bits per heavy atom. The Kier molecular flexibility index (Phi) is 5.13. The molecule has 0 saturated carbocycles. The van der Waals surface area contributed by atoms with Crippen molar-refractivity contribution in [3.05, 3.63) is 40.6 Å². The molecular formula is C17H22BrN5. The SMILES string of the molecule is CCN1CCN(c2cc(Nc3ccc(C)c(Br)c3)ncn2)CC1. The first-order chi connectivity index (χ1) is 11.2. The minimum absolute atomic E-state index is 0.823. The third-order valence-electron chi connectivity index (χ3n) is 4.24. The van der Waals surface area contributed by atoms with E-state index in [1.54, 1.807) is 6.33 Å². The topological polar surface area (TPSA) is 44.3 Å². The van der Waals surface area contributed by atoms with Crippen LogP contribution in [0.3, 0.4) is 0 Å². The highest BCUT2D eigenvalue weighted by Gasteiger charge is 2.17. The van der Waals surface area contributed by atoms with Crippen LogP contribution in [-0.2, 0) is 0 Å². The van der Waals surface area contributed by atoms with E-state index in [2.05, 4.69) is 73.1 Å². The maximum absolute atomic E-state index is 4.43. The van der Waals surface area contributed by atoms with Gasteiger partial charge in [0.2, 0.25) is 0 Å². The summed E-state index contributed by atoms with van der Waals surface area (Å²) in [6.07, 6.45) is 1.63. The molecule has 1 aliphatic heterocycles. The molecule has 0 radical (unpaired) electrons. The summed E-state index contributed by atoms with van der Waals surface area (Å²) in [6.45, 7) is 9.62. The van der Waals surface area contributed by atoms with Crippen molar-refractivity contribution in [1.29, 1.82) is 0 Å². The van der Waals surface area contributed by atoms with Crippen molar-refractivity contribution in [1.82, 2.24) is 14.9 Å². The predicted octanol–water partition coefficient (Wildman–Crippen LogP) is 3.43. The summed E-state index contributed by atoms with van der Waals surface area (Å²) in [5.41, 5.74) is 2.23. The molecule has 1 fully saturated rings. The molecule has 1 aliphatic rings. The number of hydrogen-bond acceptors (Lipinski definition) is 5. The van der Waals surface area contributed by atoms with Gasteiger partial charge in [-0.3, -0.25) is 0 Å². The average molecular weight is 376 g/mol. The highest BCUT2D eigenvalue weighted by atomic mass is 79.9. The Labute approximate surface area is 145 Å². The maximum atomic E-state index is 4.43. The molecule has 0 unspecified atom stereocenters. The van der Waals surface area contributed by atoms with Gasteiger partial charge in [-0.25, -0.2) is 9.97 Å². The summed E-state index contributed by atoms with van der Waals surface area (Å²) in [5.74, 6) is 1.81. The summed E-state index contributed by atoms with van der Waals surface area (Å²) in [4.78, 5) is 13.6. The second kappa shape index (κ2) is 7.27. The van der Waals surface area contributed by atoms with Gasteiger partial charge in [-0.05, 0) is 31.2 Å². The lowest BCUT2D eigenvalue weighted by Crippen LogP contribution is -2.46. The molecule has 0 spiro atoms. The van der Waals surface area contributed by atoms with E-state index >= 15 is 0 Å². The fourth-order valence-electron chi connectivity index (χ4n) is 2.70. The molecule has 0 atom stereocenters. The van der Waals surface area contributed by atoms with Crippen LogP contribution in [-0.4, -0.2) is 47.6 Å². The molecule has 23 heavy (non-hydrogen) atoms. The number of aromatic nitrogens is 2. The van der Waals surface area contributed by atoms with Gasteiger partial charge in [0.05, 0.1) is 0 Å². The second-order valence-corrected chi connectivity index (χ2v) is 6.63. The van der Waals surface area contributed by atoms with Crippen LogP contribution >= 0.6 is 15.9 Å². The first-order valence-electron chi connectivity index (χ1n) is 7.98. The van der Waals surface area contributed by atoms with Gasteiger partial charge in [0.1, 0.15) is 18.0 Å². The molecule has 1 aromatic carbocycles. The van der Waals surface area contributed by atoms with Crippen molar-refractivity contribution in [2.45, 2.75) is 13.8 Å². The molecule has 0 aliphatic carbocycles. The van der Waals surface area contributed by atoms with Crippen molar-refractivity contribution in [3.63, 3.8) is 0 Å². The number of nitrogens with one attached hydrogen (secondary N) is 1. The average Bonchev–Trinajstić information content (AvgIpc) is 2.58. The Morgan fingerprint density at radius 3 is 2.61 bits per heavy atom. The first kappa shape index (κ1) is 16.2. The number of benzene rings is 1. The number of aryl methyl sites for hydroxylation is 1. The maximum Gasteiger partial charge on any atom is 0.135 e. The van der Waals surface area contributed by atoms with E-state index in [9.17, 15) is 0 Å². The van der Waals surface area contributed by atoms with Gasteiger partial charge < -0.3 is 15.1 Å². The first-order valence-corrected chi connectivity index (χ1v) is 8.77. The van der Waals surface area contributed by atoms with Gasteiger partial charge in [-0.2, -0.15) is 0 Å². The van der Waals surface area contributed by atoms with Gasteiger partial charge in [0, 0.05) is 42.4 Å². The highest BCUT2D eigenvalue weighted by molar-refractivity contribution is 9.10. The number of likely N-dealkylation sites (N-methyl/N-ethyl adjacent to an activating group) is 1. The Hall–Kier alpha value is -1.66. The van der Waals surface area contributed by atoms with Crippen LogP contribution in [0.1, 0.15) is 12.5 Å². The zero-order valence-electron chi connectivity index (χ0n) is 13.6. The predicted molar refractivity (Wildman–Crippen MR) is 98.5 cm³/mol. The normalized spacial score (nSPS) is 15.7. The lowest BCUT2D eigenvalue weighted by Gasteiger charge is -2.34. The van der Waals surface area contributed by atoms with Crippen LogP contribution in [0.15, 0.2) is 35.1 Å². The molecule has 0 amide bonds. The lowest BCUT2D eigenvalue weighted by atomic mass is 10.2. The van der Waals surface area contributed by atoms with Crippen LogP contribution in [0.25, 0.3) is 0 Å². The van der Waals surface area contributed by atoms with E-state index < -0.39 is 0 Å². The summed E-state index contributed by atoms with van der Waals surface area (Å²) < 4.78 is 1.09. The lowest BCUT2D eigenvalue weighted by molar-refractivity contribution is 0.270. The van der Waals surface area contributed by atoms with Gasteiger partial charge in [0.15, 0.2) is 0 Å². The molecule has 2 aromatic rings. The van der Waals surface area contributed by atoms with E-state index in [-0.39, 0.29) is 0 Å². The van der Waals surface area contributed by atoms with Crippen molar-refractivity contribution in [2.24, 2.45) is 0 Å². The van der Waals surface area contributed by atoms with Crippen LogP contribution in [0, 0.1) is 6.92 Å². The van der Waals surface area contributed by atoms with Crippen LogP contribution < -0.4 is 10.2 Å². The largest absolute Gasteiger partial charge is 0.354 e. The third kappa shape index (κ3) is 4.00. The molecule has 1 saturated heterocycles. The number of nitrogens with zero attached hydrogens (tertiary/aromatic N) is 4. The van der Waals surface area contributed by atoms with Crippen molar-refractivity contribution >= 4 is 33.3 Å². The van der Waals surface area contributed by atoms with Gasteiger partial charge in [-0.15, -0.1) is 0 Å². The highest BCUT2D eigenvalue weighted by Crippen LogP contribution is 2.24. The molecule has 6 heteroatoms. The van der Waals surface area contributed by atoms with E-state index in [1.807, 2.05) is 6.07 Å². The molecule has 5 nitrogen and oxygen atoms in total. The zero-order valence-corrected chi connectivity index (χ0v) is 15.2. The molecule has 2 heterocycles. The summed E-state index contributed by atoms with van der Waals surface area (Å²) in [6, 6.07) is 8.23. The Morgan fingerprint density at radius 2 is 1.91 bits per heavy atom. The van der Waals surface area contributed by atoms with Crippen LogP contribution in [0.2, 0.25) is 0 Å². The summed E-state index contributed by atoms with van der Waals surface area (Å²) in [5, 5.41) is 3.35. The Bertz CT molecular complexity index is 668. The fraction of sp³-hybridized carbons (Fsp3) is 0.412. The standard InChI is InChI=1S/C17H22BrN5/c1-3-22-6-8-23(9-7-22)17-11-16(19-12-20-17)21-14-5-4-13(2)15(18)10-14/h4-5,10-12H,3,6-9H2,1-2H3,(H,19,20,21). The van der Waals surface area contributed by atoms with Crippen molar-refractivity contribution in [2.75, 3.05) is 42.9 Å². The van der Waals surface area contributed by atoms with Crippen LogP contribution in [0.4, 0.5) is 17.3 Å². The molecule has 1 N–H and O–H groups in total. The van der Waals surface area contributed by atoms with Gasteiger partial charge in [-0.1, -0.05) is 28.9 Å². The van der Waals surface area contributed by atoms with Gasteiger partial charge >= 0.3 is 0 Å². The molecule has 3 rings (SSSR count). The number of anilines is 3. The minimum Gasteiger partial charge on any atom is -0.354 e. The van der Waals surface area contributed by atoms with E-state index in [1.165, 1.54) is 5.56 Å². The van der Waals surface area contributed by atoms with E-state index in [4.69, 9.17) is 0 Å². The van der Waals surface area contributed by atoms with E-state index in [0.29, 0.717) is 0 Å². The minimum atomic E-state index is 0.823. The summed E-state index contributed by atoms with van der Waals surface area (Å²) >= 11 is 3.56. The zero-order chi connectivity index (χ0) is 16.2. The fourth-order valence-corrected chi connectivity index (χ4v) is 3.08. The smallest absolute Gasteiger partial charge is 0.135 e. The van der Waals surface area contributed by atoms with Crippen LogP contribution in [0.5, 0.6) is 0 Å². The number of rotatable bonds is 4. The monoisotopic (exact) mass is 375 g/mol. The quantitative estimate of drug-likeness (QED) is 0.886. The molecule has 122 valence electrons. The molecular weight excluding hydrogens is 354 g/mol. The Balaban J connectivity index is 1.71. The summed E-state index contributed by atoms with van der Waals surface area (Å²) in [7, 11) is 0.